The van der Waals surface area contributed by atoms with Gasteiger partial charge in [-0.05, 0) is 32.3 Å². The average molecular weight is 535 g/mol. The van der Waals surface area contributed by atoms with Crippen molar-refractivity contribution >= 4 is 35.8 Å². The minimum absolute atomic E-state index is 0. The van der Waals surface area contributed by atoms with E-state index in [1.165, 1.54) is 6.07 Å². The first-order valence-corrected chi connectivity index (χ1v) is 10.5. The molecule has 0 radical (unpaired) electrons. The smallest absolute Gasteiger partial charge is 0.242 e. The Labute approximate surface area is 194 Å². The lowest BCUT2D eigenvalue weighted by molar-refractivity contribution is -0.119. The number of benzene rings is 1. The average Bonchev–Trinajstić information content (AvgIpc) is 3.52. The van der Waals surface area contributed by atoms with Crippen molar-refractivity contribution < 1.29 is 13.6 Å². The third-order valence-electron chi connectivity index (χ3n) is 5.41. The van der Waals surface area contributed by atoms with Crippen LogP contribution < -0.4 is 10.6 Å². The molecule has 1 aromatic carbocycles. The molecule has 1 aliphatic carbocycles. The van der Waals surface area contributed by atoms with Crippen LogP contribution in [0, 0.1) is 11.6 Å². The maximum atomic E-state index is 14.3. The molecule has 1 atom stereocenters. The first-order valence-electron chi connectivity index (χ1n) is 10.5. The number of halogens is 3. The number of hydrogen-bond acceptors (Lipinski definition) is 3. The summed E-state index contributed by atoms with van der Waals surface area (Å²) in [5.41, 5.74) is 0.541. The van der Waals surface area contributed by atoms with Crippen molar-refractivity contribution in [3.63, 3.8) is 0 Å². The van der Waals surface area contributed by atoms with Gasteiger partial charge >= 0.3 is 0 Å². The summed E-state index contributed by atoms with van der Waals surface area (Å²) in [6, 6.07) is 4.08. The van der Waals surface area contributed by atoms with Crippen molar-refractivity contribution in [2.45, 2.75) is 45.2 Å². The number of carbonyl (C=O) groups is 1. The van der Waals surface area contributed by atoms with Crippen LogP contribution in [0.2, 0.25) is 0 Å². The highest BCUT2D eigenvalue weighted by Gasteiger charge is 2.27. The maximum absolute atomic E-state index is 14.3. The minimum Gasteiger partial charge on any atom is -0.357 e. The van der Waals surface area contributed by atoms with E-state index in [0.717, 1.165) is 64.0 Å². The molecule has 0 aromatic heterocycles. The number of carbonyl (C=O) groups excluding carboxylic acids is 1. The molecule has 168 valence electrons. The van der Waals surface area contributed by atoms with Crippen molar-refractivity contribution in [1.82, 2.24) is 20.4 Å². The Hall–Kier alpha value is -1.49. The lowest BCUT2D eigenvalue weighted by Crippen LogP contribution is -2.53. The zero-order valence-corrected chi connectivity index (χ0v) is 20.0. The van der Waals surface area contributed by atoms with Crippen LogP contribution >= 0.6 is 24.0 Å². The van der Waals surface area contributed by atoms with E-state index in [0.29, 0.717) is 11.6 Å². The van der Waals surface area contributed by atoms with Crippen molar-refractivity contribution in [2.24, 2.45) is 4.99 Å². The lowest BCUT2D eigenvalue weighted by Gasteiger charge is -2.40. The number of aliphatic imine (C=N–C) groups is 1. The van der Waals surface area contributed by atoms with Crippen LogP contribution in [0.15, 0.2) is 23.2 Å². The van der Waals surface area contributed by atoms with Crippen molar-refractivity contribution in [3.8, 4) is 0 Å². The SMILES string of the molecule is CCNC(=NCC(=O)NC1CC1)N1CCN(C(CC)c2ccc(F)cc2F)CC1.I. The summed E-state index contributed by atoms with van der Waals surface area (Å²) in [7, 11) is 0. The van der Waals surface area contributed by atoms with Crippen LogP contribution in [0.5, 0.6) is 0 Å². The van der Waals surface area contributed by atoms with E-state index in [-0.39, 0.29) is 42.5 Å². The number of nitrogens with zero attached hydrogens (tertiary/aromatic N) is 3. The van der Waals surface area contributed by atoms with Crippen LogP contribution in [0.25, 0.3) is 0 Å². The molecule has 2 fully saturated rings. The van der Waals surface area contributed by atoms with Crippen LogP contribution in [-0.2, 0) is 4.79 Å². The van der Waals surface area contributed by atoms with Crippen molar-refractivity contribution in [2.75, 3.05) is 39.3 Å². The largest absolute Gasteiger partial charge is 0.357 e. The predicted molar refractivity (Wildman–Crippen MR) is 125 cm³/mol. The van der Waals surface area contributed by atoms with E-state index in [2.05, 4.69) is 25.4 Å². The number of piperazine rings is 1. The fourth-order valence-electron chi connectivity index (χ4n) is 3.77. The second-order valence-electron chi connectivity index (χ2n) is 7.62. The highest BCUT2D eigenvalue weighted by atomic mass is 127. The summed E-state index contributed by atoms with van der Waals surface area (Å²) in [4.78, 5) is 20.8. The third kappa shape index (κ3) is 6.76. The number of hydrogen-bond donors (Lipinski definition) is 2. The van der Waals surface area contributed by atoms with E-state index < -0.39 is 11.6 Å². The summed E-state index contributed by atoms with van der Waals surface area (Å²) >= 11 is 0. The molecule has 1 heterocycles. The number of amides is 1. The van der Waals surface area contributed by atoms with Gasteiger partial charge in [0.1, 0.15) is 18.2 Å². The Kier molecular flexibility index (Phi) is 9.73. The van der Waals surface area contributed by atoms with Crippen LogP contribution in [0.3, 0.4) is 0 Å². The van der Waals surface area contributed by atoms with Crippen LogP contribution in [-0.4, -0.2) is 67.0 Å². The number of nitrogens with one attached hydrogen (secondary N) is 2. The van der Waals surface area contributed by atoms with Gasteiger partial charge in [-0.15, -0.1) is 24.0 Å². The second kappa shape index (κ2) is 11.8. The molecule has 1 saturated heterocycles. The molecular weight excluding hydrogens is 503 g/mol. The highest BCUT2D eigenvalue weighted by Crippen LogP contribution is 2.28. The van der Waals surface area contributed by atoms with E-state index in [1.54, 1.807) is 6.07 Å². The van der Waals surface area contributed by atoms with Gasteiger partial charge in [0.15, 0.2) is 5.96 Å². The van der Waals surface area contributed by atoms with Crippen LogP contribution in [0.4, 0.5) is 8.78 Å². The molecule has 6 nitrogen and oxygen atoms in total. The molecule has 1 saturated carbocycles. The van der Waals surface area contributed by atoms with Crippen LogP contribution in [0.1, 0.15) is 44.7 Å². The Balaban J connectivity index is 0.00000320. The quantitative estimate of drug-likeness (QED) is 0.321. The van der Waals surface area contributed by atoms with Crippen molar-refractivity contribution in [1.29, 1.82) is 0 Å². The standard InChI is InChI=1S/C21H31F2N5O.HI/c1-3-19(17-8-5-15(22)13-18(17)23)27-9-11-28(12-10-27)21(24-4-2)25-14-20(29)26-16-6-7-16;/h5,8,13,16,19H,3-4,6-7,9-12,14H2,1-2H3,(H,24,25)(H,26,29);1H. The number of rotatable bonds is 7. The van der Waals surface area contributed by atoms with Gasteiger partial charge in [-0.2, -0.15) is 0 Å². The number of guanidine groups is 1. The Morgan fingerprint density at radius 1 is 1.20 bits per heavy atom. The zero-order valence-electron chi connectivity index (χ0n) is 17.7. The molecule has 1 unspecified atom stereocenters. The van der Waals surface area contributed by atoms with Gasteiger partial charge in [0.25, 0.3) is 0 Å². The molecule has 1 aromatic rings. The normalized spacial score (nSPS) is 18.5. The van der Waals surface area contributed by atoms with Crippen molar-refractivity contribution in [3.05, 3.63) is 35.4 Å². The predicted octanol–water partition coefficient (Wildman–Crippen LogP) is 2.90. The second-order valence-corrected chi connectivity index (χ2v) is 7.62. The van der Waals surface area contributed by atoms with E-state index in [9.17, 15) is 13.6 Å². The molecule has 0 bridgehead atoms. The molecule has 2 N–H and O–H groups in total. The fourth-order valence-corrected chi connectivity index (χ4v) is 3.77. The summed E-state index contributed by atoms with van der Waals surface area (Å²) in [6.45, 7) is 7.82. The minimum atomic E-state index is -0.553. The molecule has 0 spiro atoms. The molecule has 9 heteroatoms. The molecular formula is C21H32F2IN5O. The van der Waals surface area contributed by atoms with E-state index >= 15 is 0 Å². The van der Waals surface area contributed by atoms with E-state index in [4.69, 9.17) is 0 Å². The highest BCUT2D eigenvalue weighted by molar-refractivity contribution is 14.0. The van der Waals surface area contributed by atoms with Gasteiger partial charge in [0.05, 0.1) is 0 Å². The van der Waals surface area contributed by atoms with Gasteiger partial charge in [0, 0.05) is 56.4 Å². The van der Waals surface area contributed by atoms with Gasteiger partial charge in [0.2, 0.25) is 5.91 Å². The summed E-state index contributed by atoms with van der Waals surface area (Å²) in [5, 5.41) is 6.21. The first-order chi connectivity index (χ1) is 14.0. The Morgan fingerprint density at radius 2 is 1.90 bits per heavy atom. The summed E-state index contributed by atoms with van der Waals surface area (Å²) in [5.74, 6) is -0.350. The fraction of sp³-hybridized carbons (Fsp3) is 0.619. The molecule has 1 aliphatic heterocycles. The summed E-state index contributed by atoms with van der Waals surface area (Å²) < 4.78 is 27.5. The van der Waals surface area contributed by atoms with E-state index in [1.807, 2.05) is 13.8 Å². The lowest BCUT2D eigenvalue weighted by atomic mass is 10.0. The third-order valence-corrected chi connectivity index (χ3v) is 5.41. The first kappa shape index (κ1) is 24.8. The molecule has 30 heavy (non-hydrogen) atoms. The van der Waals surface area contributed by atoms with Gasteiger partial charge in [-0.3, -0.25) is 9.69 Å². The zero-order chi connectivity index (χ0) is 20.8. The molecule has 2 aliphatic rings. The maximum Gasteiger partial charge on any atom is 0.242 e. The van der Waals surface area contributed by atoms with Gasteiger partial charge < -0.3 is 15.5 Å². The Morgan fingerprint density at radius 3 is 2.47 bits per heavy atom. The monoisotopic (exact) mass is 535 g/mol. The molecule has 1 amide bonds. The summed E-state index contributed by atoms with van der Waals surface area (Å²) in [6.07, 6.45) is 2.87. The van der Waals surface area contributed by atoms with Gasteiger partial charge in [-0.1, -0.05) is 13.0 Å². The molecule has 3 rings (SSSR count). The topological polar surface area (TPSA) is 60.0 Å². The Bertz CT molecular complexity index is 736. The van der Waals surface area contributed by atoms with Gasteiger partial charge in [-0.25, -0.2) is 13.8 Å².